The summed E-state index contributed by atoms with van der Waals surface area (Å²) in [6.07, 6.45) is 3.68. The minimum Gasteiger partial charge on any atom is -0.387 e. The highest BCUT2D eigenvalue weighted by atomic mass is 79.9. The normalized spacial score (nSPS) is 13.5. The molecule has 19 heavy (non-hydrogen) atoms. The number of aromatic nitrogens is 1. The van der Waals surface area contributed by atoms with Gasteiger partial charge in [0.1, 0.15) is 0 Å². The van der Waals surface area contributed by atoms with Crippen LogP contribution in [0.15, 0.2) is 35.1 Å². The molecule has 1 atom stereocenters. The van der Waals surface area contributed by atoms with E-state index in [1.165, 1.54) is 4.88 Å². The lowest BCUT2D eigenvalue weighted by atomic mass is 9.95. The lowest BCUT2D eigenvalue weighted by molar-refractivity contribution is 0.182. The molecule has 0 saturated carbocycles. The van der Waals surface area contributed by atoms with Gasteiger partial charge in [0.2, 0.25) is 0 Å². The number of thiophene rings is 1. The molecule has 4 heteroatoms. The van der Waals surface area contributed by atoms with Gasteiger partial charge in [0.25, 0.3) is 0 Å². The van der Waals surface area contributed by atoms with E-state index in [9.17, 15) is 5.11 Å². The second-order valence-corrected chi connectivity index (χ2v) is 7.71. The molecule has 2 heterocycles. The van der Waals surface area contributed by atoms with Crippen molar-refractivity contribution in [2.24, 2.45) is 0 Å². The topological polar surface area (TPSA) is 33.1 Å². The van der Waals surface area contributed by atoms with Crippen LogP contribution in [0.5, 0.6) is 0 Å². The van der Waals surface area contributed by atoms with Crippen molar-refractivity contribution in [3.8, 4) is 0 Å². The molecule has 0 saturated heterocycles. The van der Waals surface area contributed by atoms with Gasteiger partial charge in [-0.1, -0.05) is 20.8 Å². The van der Waals surface area contributed by atoms with E-state index >= 15 is 0 Å². The molecule has 0 spiro atoms. The fourth-order valence-electron chi connectivity index (χ4n) is 1.83. The van der Waals surface area contributed by atoms with Crippen LogP contribution < -0.4 is 0 Å². The third-order valence-corrected chi connectivity index (χ3v) is 4.93. The second-order valence-electron chi connectivity index (χ2n) is 5.68. The van der Waals surface area contributed by atoms with Crippen LogP contribution in [-0.4, -0.2) is 10.1 Å². The molecule has 2 rings (SSSR count). The van der Waals surface area contributed by atoms with Gasteiger partial charge >= 0.3 is 0 Å². The molecule has 102 valence electrons. The van der Waals surface area contributed by atoms with E-state index in [1.54, 1.807) is 23.7 Å². The zero-order valence-electron chi connectivity index (χ0n) is 11.4. The minimum atomic E-state index is -0.461. The van der Waals surface area contributed by atoms with Crippen LogP contribution in [-0.2, 0) is 11.8 Å². The van der Waals surface area contributed by atoms with Crippen LogP contribution in [0.3, 0.4) is 0 Å². The van der Waals surface area contributed by atoms with Gasteiger partial charge in [0, 0.05) is 33.0 Å². The molecule has 1 unspecified atom stereocenters. The molecular weight excluding hydrogens is 322 g/mol. The number of pyridine rings is 1. The standard InChI is InChI=1S/C15H18BrNOS/c1-15(2,3)14-5-4-13(19-14)12(18)7-10-6-11(16)9-17-8-10/h4-6,8-9,12,18H,7H2,1-3H3. The van der Waals surface area contributed by atoms with Gasteiger partial charge in [-0.3, -0.25) is 4.98 Å². The van der Waals surface area contributed by atoms with Crippen molar-refractivity contribution in [2.75, 3.05) is 0 Å². The SMILES string of the molecule is CC(C)(C)c1ccc(C(O)Cc2cncc(Br)c2)s1. The molecule has 0 aromatic carbocycles. The summed E-state index contributed by atoms with van der Waals surface area (Å²) in [6.45, 7) is 6.56. The van der Waals surface area contributed by atoms with E-state index in [4.69, 9.17) is 0 Å². The first kappa shape index (κ1) is 14.7. The van der Waals surface area contributed by atoms with Gasteiger partial charge in [-0.15, -0.1) is 11.3 Å². The molecule has 2 aromatic heterocycles. The lowest BCUT2D eigenvalue weighted by Gasteiger charge is -2.15. The first-order chi connectivity index (χ1) is 8.86. The Hall–Kier alpha value is -0.710. The smallest absolute Gasteiger partial charge is 0.0922 e. The monoisotopic (exact) mass is 339 g/mol. The molecule has 0 aliphatic rings. The van der Waals surface area contributed by atoms with Crippen molar-refractivity contribution in [2.45, 2.75) is 38.7 Å². The highest BCUT2D eigenvalue weighted by Gasteiger charge is 2.19. The summed E-state index contributed by atoms with van der Waals surface area (Å²) in [6, 6.07) is 6.14. The molecular formula is C15H18BrNOS. The number of hydrogen-bond donors (Lipinski definition) is 1. The van der Waals surface area contributed by atoms with Crippen molar-refractivity contribution in [1.82, 2.24) is 4.98 Å². The minimum absolute atomic E-state index is 0.139. The highest BCUT2D eigenvalue weighted by Crippen LogP contribution is 2.33. The molecule has 0 amide bonds. The van der Waals surface area contributed by atoms with Gasteiger partial charge in [0.05, 0.1) is 6.10 Å². The van der Waals surface area contributed by atoms with E-state index in [2.05, 4.69) is 47.8 Å². The number of nitrogens with zero attached hydrogens (tertiary/aromatic N) is 1. The Morgan fingerprint density at radius 1 is 1.32 bits per heavy atom. The Labute approximate surface area is 126 Å². The summed E-state index contributed by atoms with van der Waals surface area (Å²) in [5.74, 6) is 0. The molecule has 0 radical (unpaired) electrons. The summed E-state index contributed by atoms with van der Waals surface area (Å²) >= 11 is 5.09. The number of hydrogen-bond acceptors (Lipinski definition) is 3. The zero-order valence-corrected chi connectivity index (χ0v) is 13.8. The van der Waals surface area contributed by atoms with Gasteiger partial charge in [-0.25, -0.2) is 0 Å². The van der Waals surface area contributed by atoms with Crippen molar-refractivity contribution in [3.05, 3.63) is 50.4 Å². The largest absolute Gasteiger partial charge is 0.387 e. The third kappa shape index (κ3) is 3.88. The predicted molar refractivity (Wildman–Crippen MR) is 83.6 cm³/mol. The van der Waals surface area contributed by atoms with E-state index < -0.39 is 6.10 Å². The van der Waals surface area contributed by atoms with Crippen LogP contribution in [0.1, 0.15) is 42.2 Å². The quantitative estimate of drug-likeness (QED) is 0.894. The average molecular weight is 340 g/mol. The molecule has 2 aromatic rings. The molecule has 0 aliphatic carbocycles. The fourth-order valence-corrected chi connectivity index (χ4v) is 3.29. The van der Waals surface area contributed by atoms with Crippen LogP contribution >= 0.6 is 27.3 Å². The number of aliphatic hydroxyl groups is 1. The van der Waals surface area contributed by atoms with Crippen molar-refractivity contribution in [1.29, 1.82) is 0 Å². The van der Waals surface area contributed by atoms with Gasteiger partial charge in [0.15, 0.2) is 0 Å². The van der Waals surface area contributed by atoms with E-state index in [-0.39, 0.29) is 5.41 Å². The molecule has 0 fully saturated rings. The van der Waals surface area contributed by atoms with Crippen molar-refractivity contribution < 1.29 is 5.11 Å². The fraction of sp³-hybridized carbons (Fsp3) is 0.400. The Bertz CT molecular complexity index is 559. The Morgan fingerprint density at radius 2 is 2.05 bits per heavy atom. The maximum absolute atomic E-state index is 10.3. The van der Waals surface area contributed by atoms with Gasteiger partial charge in [-0.2, -0.15) is 0 Å². The third-order valence-electron chi connectivity index (χ3n) is 2.88. The molecule has 0 bridgehead atoms. The first-order valence-corrected chi connectivity index (χ1v) is 7.85. The summed E-state index contributed by atoms with van der Waals surface area (Å²) in [4.78, 5) is 6.44. The van der Waals surface area contributed by atoms with Crippen molar-refractivity contribution >= 4 is 27.3 Å². The summed E-state index contributed by atoms with van der Waals surface area (Å²) in [5, 5.41) is 10.3. The average Bonchev–Trinajstić information content (AvgIpc) is 2.77. The van der Waals surface area contributed by atoms with Crippen LogP contribution in [0.2, 0.25) is 0 Å². The number of rotatable bonds is 3. The van der Waals surface area contributed by atoms with Crippen molar-refractivity contribution in [3.63, 3.8) is 0 Å². The second kappa shape index (κ2) is 5.73. The van der Waals surface area contributed by atoms with E-state index in [1.807, 2.05) is 12.1 Å². The first-order valence-electron chi connectivity index (χ1n) is 6.24. The van der Waals surface area contributed by atoms with E-state index in [0.29, 0.717) is 6.42 Å². The maximum Gasteiger partial charge on any atom is 0.0922 e. The number of halogens is 1. The van der Waals surface area contributed by atoms with Crippen LogP contribution in [0, 0.1) is 0 Å². The summed E-state index contributed by atoms with van der Waals surface area (Å²) in [5.41, 5.74) is 1.17. The highest BCUT2D eigenvalue weighted by molar-refractivity contribution is 9.10. The maximum atomic E-state index is 10.3. The van der Waals surface area contributed by atoms with Crippen LogP contribution in [0.25, 0.3) is 0 Å². The molecule has 2 nitrogen and oxygen atoms in total. The van der Waals surface area contributed by atoms with E-state index in [0.717, 1.165) is 14.9 Å². The lowest BCUT2D eigenvalue weighted by Crippen LogP contribution is -2.07. The molecule has 0 aliphatic heterocycles. The van der Waals surface area contributed by atoms with Gasteiger partial charge < -0.3 is 5.11 Å². The van der Waals surface area contributed by atoms with Gasteiger partial charge in [-0.05, 0) is 45.1 Å². The Morgan fingerprint density at radius 3 is 2.63 bits per heavy atom. The Balaban J connectivity index is 2.12. The summed E-state index contributed by atoms with van der Waals surface area (Å²) in [7, 11) is 0. The summed E-state index contributed by atoms with van der Waals surface area (Å²) < 4.78 is 0.943. The van der Waals surface area contributed by atoms with Crippen LogP contribution in [0.4, 0.5) is 0 Å². The molecule has 1 N–H and O–H groups in total. The zero-order chi connectivity index (χ0) is 14.0. The number of aliphatic hydroxyl groups excluding tert-OH is 1. The predicted octanol–water partition coefficient (Wildman–Crippen LogP) is 4.48. The Kier molecular flexibility index (Phi) is 4.43.